The van der Waals surface area contributed by atoms with Gasteiger partial charge in [0, 0.05) is 36.9 Å². The first kappa shape index (κ1) is 8.24. The van der Waals surface area contributed by atoms with Crippen molar-refractivity contribution in [1.29, 1.82) is 0 Å². The molecule has 1 aromatic heterocycles. The lowest BCUT2D eigenvalue weighted by Crippen LogP contribution is -2.41. The summed E-state index contributed by atoms with van der Waals surface area (Å²) in [6.45, 7) is 2.23. The molecule has 0 saturated carbocycles. The molecule has 0 amide bonds. The quantitative estimate of drug-likeness (QED) is 0.714. The number of aromatic nitrogens is 2. The highest BCUT2D eigenvalue weighted by Gasteiger charge is 2.25. The molecule has 0 unspecified atom stereocenters. The molecule has 1 aliphatic carbocycles. The summed E-state index contributed by atoms with van der Waals surface area (Å²) in [6, 6.07) is 0.632. The van der Waals surface area contributed by atoms with Crippen molar-refractivity contribution in [3.05, 3.63) is 30.4 Å². The molecule has 0 radical (unpaired) electrons. The summed E-state index contributed by atoms with van der Waals surface area (Å²) in [5, 5.41) is 3.31. The molecule has 1 fully saturated rings. The zero-order chi connectivity index (χ0) is 9.38. The van der Waals surface area contributed by atoms with Crippen molar-refractivity contribution in [2.75, 3.05) is 13.1 Å². The Morgan fingerprint density at radius 1 is 1.29 bits per heavy atom. The molecular formula is C11H15N3. The summed E-state index contributed by atoms with van der Waals surface area (Å²) in [7, 11) is 0. The average molecular weight is 189 g/mol. The van der Waals surface area contributed by atoms with E-state index in [4.69, 9.17) is 0 Å². The van der Waals surface area contributed by atoms with Gasteiger partial charge in [-0.3, -0.25) is 0 Å². The van der Waals surface area contributed by atoms with E-state index in [2.05, 4.69) is 27.0 Å². The third kappa shape index (κ3) is 1.20. The van der Waals surface area contributed by atoms with Gasteiger partial charge in [-0.15, -0.1) is 0 Å². The molecule has 3 heteroatoms. The normalized spacial score (nSPS) is 22.9. The molecule has 3 nitrogen and oxygen atoms in total. The minimum atomic E-state index is 0.632. The van der Waals surface area contributed by atoms with E-state index >= 15 is 0 Å². The van der Waals surface area contributed by atoms with Crippen LogP contribution in [-0.2, 0) is 0 Å². The number of nitrogens with zero attached hydrogens (tertiary/aromatic N) is 2. The van der Waals surface area contributed by atoms with Gasteiger partial charge in [-0.1, -0.05) is 12.2 Å². The van der Waals surface area contributed by atoms with Crippen LogP contribution in [0, 0.1) is 0 Å². The lowest BCUT2D eigenvalue weighted by molar-refractivity contribution is 0.405. The highest BCUT2D eigenvalue weighted by atomic mass is 15.1. The third-order valence-electron chi connectivity index (χ3n) is 3.27. The number of allylic oxidation sites excluding steroid dienone is 2. The topological polar surface area (TPSA) is 29.9 Å². The second-order valence-electron chi connectivity index (χ2n) is 4.18. The summed E-state index contributed by atoms with van der Waals surface area (Å²) < 4.78 is 2.37. The van der Waals surface area contributed by atoms with Crippen LogP contribution < -0.4 is 5.32 Å². The van der Waals surface area contributed by atoms with Gasteiger partial charge >= 0.3 is 0 Å². The molecule has 2 aliphatic rings. The van der Waals surface area contributed by atoms with Gasteiger partial charge in [-0.25, -0.2) is 4.98 Å². The molecule has 74 valence electrons. The zero-order valence-electron chi connectivity index (χ0n) is 8.19. The van der Waals surface area contributed by atoms with Crippen LogP contribution in [0.25, 0.3) is 0 Å². The molecule has 3 rings (SSSR count). The van der Waals surface area contributed by atoms with Crippen molar-refractivity contribution in [2.45, 2.75) is 24.8 Å². The van der Waals surface area contributed by atoms with E-state index in [-0.39, 0.29) is 0 Å². The molecule has 1 saturated heterocycles. The van der Waals surface area contributed by atoms with Crippen LogP contribution >= 0.6 is 0 Å². The first-order chi connectivity index (χ1) is 6.95. The van der Waals surface area contributed by atoms with Crippen LogP contribution in [0.2, 0.25) is 0 Å². The smallest absolute Gasteiger partial charge is 0.0951 e. The van der Waals surface area contributed by atoms with Crippen LogP contribution in [0.1, 0.15) is 30.5 Å². The standard InChI is InChI=1S/C11H15N3/c1-2-4-10(3-1)14-8-13-7-11(14)9-5-12-6-9/h1-2,7-10,12H,3-6H2. The van der Waals surface area contributed by atoms with Gasteiger partial charge in [0.15, 0.2) is 0 Å². The highest BCUT2D eigenvalue weighted by molar-refractivity contribution is 5.14. The van der Waals surface area contributed by atoms with Gasteiger partial charge in [0.2, 0.25) is 0 Å². The fraction of sp³-hybridized carbons (Fsp3) is 0.545. The van der Waals surface area contributed by atoms with Crippen LogP contribution in [0.15, 0.2) is 24.7 Å². The largest absolute Gasteiger partial charge is 0.331 e. The molecule has 1 N–H and O–H groups in total. The predicted octanol–water partition coefficient (Wildman–Crippen LogP) is 1.46. The van der Waals surface area contributed by atoms with Crippen LogP contribution in [-0.4, -0.2) is 22.6 Å². The summed E-state index contributed by atoms with van der Waals surface area (Å²) >= 11 is 0. The SMILES string of the molecule is C1=CCC(n2cncc2C2CNC2)C1. The number of hydrogen-bond acceptors (Lipinski definition) is 2. The van der Waals surface area contributed by atoms with Crippen molar-refractivity contribution in [3.63, 3.8) is 0 Å². The van der Waals surface area contributed by atoms with E-state index in [9.17, 15) is 0 Å². The lowest BCUT2D eigenvalue weighted by atomic mass is 9.99. The van der Waals surface area contributed by atoms with Gasteiger partial charge in [0.1, 0.15) is 0 Å². The maximum Gasteiger partial charge on any atom is 0.0951 e. The van der Waals surface area contributed by atoms with Crippen molar-refractivity contribution >= 4 is 0 Å². The Bertz CT molecular complexity index is 341. The van der Waals surface area contributed by atoms with Gasteiger partial charge < -0.3 is 9.88 Å². The molecule has 1 aliphatic heterocycles. The fourth-order valence-electron chi connectivity index (χ4n) is 2.26. The molecule has 0 bridgehead atoms. The summed E-state index contributed by atoms with van der Waals surface area (Å²) in [6.07, 6.45) is 10.9. The second-order valence-corrected chi connectivity index (χ2v) is 4.18. The molecule has 0 aromatic carbocycles. The van der Waals surface area contributed by atoms with Gasteiger partial charge in [-0.2, -0.15) is 0 Å². The van der Waals surface area contributed by atoms with E-state index in [0.29, 0.717) is 12.0 Å². The maximum atomic E-state index is 4.28. The number of imidazole rings is 1. The van der Waals surface area contributed by atoms with Crippen molar-refractivity contribution in [3.8, 4) is 0 Å². The minimum Gasteiger partial charge on any atom is -0.331 e. The predicted molar refractivity (Wildman–Crippen MR) is 55.2 cm³/mol. The summed E-state index contributed by atoms with van der Waals surface area (Å²) in [5.41, 5.74) is 1.41. The van der Waals surface area contributed by atoms with E-state index < -0.39 is 0 Å². The average Bonchev–Trinajstić information content (AvgIpc) is 2.66. The Labute approximate surface area is 83.8 Å². The molecule has 0 atom stereocenters. The van der Waals surface area contributed by atoms with Crippen molar-refractivity contribution in [1.82, 2.24) is 14.9 Å². The zero-order valence-corrected chi connectivity index (χ0v) is 8.19. The van der Waals surface area contributed by atoms with Gasteiger partial charge in [0.05, 0.1) is 6.33 Å². The van der Waals surface area contributed by atoms with E-state index in [1.54, 1.807) is 0 Å². The Kier molecular flexibility index (Phi) is 1.91. The third-order valence-corrected chi connectivity index (χ3v) is 3.27. The summed E-state index contributed by atoms with van der Waals surface area (Å²) in [4.78, 5) is 4.28. The van der Waals surface area contributed by atoms with Crippen LogP contribution in [0.5, 0.6) is 0 Å². The number of nitrogens with one attached hydrogen (secondary N) is 1. The minimum absolute atomic E-state index is 0.632. The second kappa shape index (κ2) is 3.24. The number of rotatable bonds is 2. The molecule has 14 heavy (non-hydrogen) atoms. The Morgan fingerprint density at radius 2 is 2.07 bits per heavy atom. The molecule has 0 spiro atoms. The van der Waals surface area contributed by atoms with E-state index in [1.807, 2.05) is 12.5 Å². The molecular weight excluding hydrogens is 174 g/mol. The van der Waals surface area contributed by atoms with Crippen LogP contribution in [0.4, 0.5) is 0 Å². The lowest BCUT2D eigenvalue weighted by Gasteiger charge is -2.29. The van der Waals surface area contributed by atoms with Crippen molar-refractivity contribution < 1.29 is 0 Å². The fourth-order valence-corrected chi connectivity index (χ4v) is 2.26. The van der Waals surface area contributed by atoms with E-state index in [1.165, 1.54) is 18.5 Å². The Morgan fingerprint density at radius 3 is 2.71 bits per heavy atom. The van der Waals surface area contributed by atoms with Crippen LogP contribution in [0.3, 0.4) is 0 Å². The summed E-state index contributed by atoms with van der Waals surface area (Å²) in [5.74, 6) is 0.693. The van der Waals surface area contributed by atoms with Gasteiger partial charge in [0.25, 0.3) is 0 Å². The number of hydrogen-bond donors (Lipinski definition) is 1. The van der Waals surface area contributed by atoms with E-state index in [0.717, 1.165) is 13.1 Å². The molecule has 2 heterocycles. The monoisotopic (exact) mass is 189 g/mol. The molecule has 1 aromatic rings. The van der Waals surface area contributed by atoms with Crippen molar-refractivity contribution in [2.24, 2.45) is 0 Å². The first-order valence-corrected chi connectivity index (χ1v) is 5.32. The first-order valence-electron chi connectivity index (χ1n) is 5.32. The maximum absolute atomic E-state index is 4.28. The van der Waals surface area contributed by atoms with Gasteiger partial charge in [-0.05, 0) is 12.8 Å². The Balaban J connectivity index is 1.85. The Hall–Kier alpha value is -1.09. The highest BCUT2D eigenvalue weighted by Crippen LogP contribution is 2.29.